The van der Waals surface area contributed by atoms with E-state index in [1.807, 2.05) is 30.3 Å². The molecule has 3 aromatic heterocycles. The van der Waals surface area contributed by atoms with Gasteiger partial charge in [0.1, 0.15) is 17.2 Å². The second kappa shape index (κ2) is 9.67. The molecule has 0 bridgehead atoms. The van der Waals surface area contributed by atoms with Crippen LogP contribution in [0.3, 0.4) is 0 Å². The van der Waals surface area contributed by atoms with Crippen LogP contribution in [-0.2, 0) is 13.2 Å². The summed E-state index contributed by atoms with van der Waals surface area (Å²) in [5.41, 5.74) is 1.15. The van der Waals surface area contributed by atoms with Crippen LogP contribution in [0.25, 0.3) is 28.2 Å². The Kier molecular flexibility index (Phi) is 6.13. The zero-order valence-electron chi connectivity index (χ0n) is 21.3. The number of nitrogens with one attached hydrogen (secondary N) is 1. The van der Waals surface area contributed by atoms with Gasteiger partial charge >= 0.3 is 6.18 Å². The predicted molar refractivity (Wildman–Crippen MR) is 143 cm³/mol. The first-order chi connectivity index (χ1) is 19.2. The second-order valence-corrected chi connectivity index (χ2v) is 9.55. The zero-order chi connectivity index (χ0) is 28.0. The summed E-state index contributed by atoms with van der Waals surface area (Å²) < 4.78 is 44.4. The highest BCUT2D eigenvalue weighted by Gasteiger charge is 2.35. The number of imidazole rings is 1. The molecule has 4 heterocycles. The average molecular weight is 545 g/mol. The van der Waals surface area contributed by atoms with E-state index in [1.54, 1.807) is 34.7 Å². The number of rotatable bonds is 5. The van der Waals surface area contributed by atoms with Crippen LogP contribution in [0, 0.1) is 0 Å². The van der Waals surface area contributed by atoms with E-state index in [0.717, 1.165) is 24.1 Å². The van der Waals surface area contributed by atoms with Crippen molar-refractivity contribution in [2.45, 2.75) is 12.6 Å². The molecule has 1 fully saturated rings. The fraction of sp³-hybridized carbons (Fsp3) is 0.172. The standard InChI is InChI=1S/C29H23F3N6O2/c1-36-14-11-23(35-36)21-16-19(8-9-22(21)29(30,31)32)27(39)34-26-25(18-6-3-2-4-7-18)33-24-17-20(10-15-38(24)26)28(40)37-12-5-13-37/h2-4,6-11,14-17H,5,12-13H2,1H3,(H,34,39). The third-order valence-corrected chi connectivity index (χ3v) is 6.87. The molecule has 0 aliphatic carbocycles. The Balaban J connectivity index is 1.41. The summed E-state index contributed by atoms with van der Waals surface area (Å²) in [7, 11) is 1.60. The number of anilines is 1. The van der Waals surface area contributed by atoms with Crippen LogP contribution in [0.1, 0.15) is 32.7 Å². The maximum atomic E-state index is 13.8. The molecular formula is C29H23F3N6O2. The number of halogens is 3. The van der Waals surface area contributed by atoms with Gasteiger partial charge in [-0.05, 0) is 42.8 Å². The molecule has 1 aliphatic heterocycles. The van der Waals surface area contributed by atoms with E-state index in [1.165, 1.54) is 23.0 Å². The summed E-state index contributed by atoms with van der Waals surface area (Å²) in [6, 6.07) is 17.2. The Bertz CT molecular complexity index is 1750. The van der Waals surface area contributed by atoms with Crippen LogP contribution in [-0.4, -0.2) is 49.0 Å². The minimum absolute atomic E-state index is 0.0206. The molecule has 1 N–H and O–H groups in total. The number of carbonyl (C=O) groups excluding carboxylic acids is 2. The van der Waals surface area contributed by atoms with Gasteiger partial charge < -0.3 is 10.2 Å². The van der Waals surface area contributed by atoms with Crippen molar-refractivity contribution in [3.63, 3.8) is 0 Å². The molecule has 2 aromatic carbocycles. The van der Waals surface area contributed by atoms with Gasteiger partial charge in [-0.15, -0.1) is 0 Å². The number of amides is 2. The first-order valence-corrected chi connectivity index (χ1v) is 12.6. The Labute approximate surface area is 226 Å². The third-order valence-electron chi connectivity index (χ3n) is 6.87. The van der Waals surface area contributed by atoms with Crippen LogP contribution in [0.15, 0.2) is 79.1 Å². The van der Waals surface area contributed by atoms with Gasteiger partial charge in [-0.2, -0.15) is 18.3 Å². The van der Waals surface area contributed by atoms with Crippen molar-refractivity contribution in [3.05, 3.63) is 95.8 Å². The van der Waals surface area contributed by atoms with Crippen molar-refractivity contribution in [3.8, 4) is 22.5 Å². The van der Waals surface area contributed by atoms with Crippen molar-refractivity contribution >= 4 is 23.3 Å². The highest BCUT2D eigenvalue weighted by atomic mass is 19.4. The molecule has 8 nitrogen and oxygen atoms in total. The number of aromatic nitrogens is 4. The monoisotopic (exact) mass is 544 g/mol. The molecule has 2 amide bonds. The lowest BCUT2D eigenvalue weighted by atomic mass is 10.0. The molecule has 0 atom stereocenters. The first kappa shape index (κ1) is 25.4. The highest BCUT2D eigenvalue weighted by Crippen LogP contribution is 2.37. The smallest absolute Gasteiger partial charge is 0.339 e. The van der Waals surface area contributed by atoms with Crippen molar-refractivity contribution in [1.82, 2.24) is 24.1 Å². The van der Waals surface area contributed by atoms with Gasteiger partial charge in [-0.3, -0.25) is 18.7 Å². The van der Waals surface area contributed by atoms with Crippen LogP contribution < -0.4 is 5.32 Å². The Morgan fingerprint density at radius 2 is 1.70 bits per heavy atom. The minimum Gasteiger partial charge on any atom is -0.339 e. The van der Waals surface area contributed by atoms with E-state index in [-0.39, 0.29) is 22.7 Å². The molecular weight excluding hydrogens is 521 g/mol. The van der Waals surface area contributed by atoms with Crippen LogP contribution >= 0.6 is 0 Å². The molecule has 202 valence electrons. The fourth-order valence-electron chi connectivity index (χ4n) is 4.68. The van der Waals surface area contributed by atoms with Gasteiger partial charge in [0.05, 0.1) is 11.3 Å². The highest BCUT2D eigenvalue weighted by molar-refractivity contribution is 6.06. The molecule has 11 heteroatoms. The van der Waals surface area contributed by atoms with Gasteiger partial charge in [0.25, 0.3) is 11.8 Å². The number of hydrogen-bond donors (Lipinski definition) is 1. The summed E-state index contributed by atoms with van der Waals surface area (Å²) in [4.78, 5) is 32.7. The number of aryl methyl sites for hydroxylation is 1. The number of carbonyl (C=O) groups is 2. The van der Waals surface area contributed by atoms with Gasteiger partial charge in [0, 0.05) is 54.8 Å². The van der Waals surface area contributed by atoms with Gasteiger partial charge in [-0.25, -0.2) is 4.98 Å². The third kappa shape index (κ3) is 4.59. The van der Waals surface area contributed by atoms with Crippen molar-refractivity contribution < 1.29 is 22.8 Å². The second-order valence-electron chi connectivity index (χ2n) is 9.55. The summed E-state index contributed by atoms with van der Waals surface area (Å²) in [5.74, 6) is -0.380. The number of alkyl halides is 3. The van der Waals surface area contributed by atoms with E-state index >= 15 is 0 Å². The van der Waals surface area contributed by atoms with E-state index in [4.69, 9.17) is 4.98 Å². The average Bonchev–Trinajstić information content (AvgIpc) is 3.50. The van der Waals surface area contributed by atoms with Crippen molar-refractivity contribution in [2.24, 2.45) is 7.05 Å². The lowest BCUT2D eigenvalue weighted by Gasteiger charge is -2.30. The number of benzene rings is 2. The van der Waals surface area contributed by atoms with Crippen LogP contribution in [0.5, 0.6) is 0 Å². The Hall–Kier alpha value is -4.93. The van der Waals surface area contributed by atoms with E-state index < -0.39 is 17.6 Å². The van der Waals surface area contributed by atoms with Crippen LogP contribution in [0.2, 0.25) is 0 Å². The summed E-state index contributed by atoms with van der Waals surface area (Å²) >= 11 is 0. The number of likely N-dealkylation sites (tertiary alicyclic amines) is 1. The molecule has 6 rings (SSSR count). The maximum absolute atomic E-state index is 13.8. The Morgan fingerprint density at radius 1 is 0.925 bits per heavy atom. The summed E-state index contributed by atoms with van der Waals surface area (Å²) in [6.07, 6.45) is -0.468. The van der Waals surface area contributed by atoms with E-state index in [2.05, 4.69) is 10.4 Å². The number of pyridine rings is 1. The quantitative estimate of drug-likeness (QED) is 0.316. The van der Waals surface area contributed by atoms with E-state index in [9.17, 15) is 22.8 Å². The normalized spacial score (nSPS) is 13.3. The van der Waals surface area contributed by atoms with Gasteiger partial charge in [0.2, 0.25) is 0 Å². The maximum Gasteiger partial charge on any atom is 0.417 e. The molecule has 1 aliphatic rings. The van der Waals surface area contributed by atoms with Crippen molar-refractivity contribution in [1.29, 1.82) is 0 Å². The van der Waals surface area contributed by atoms with Gasteiger partial charge in [0.15, 0.2) is 0 Å². The molecule has 0 saturated carbocycles. The van der Waals surface area contributed by atoms with E-state index in [0.29, 0.717) is 35.8 Å². The topological polar surface area (TPSA) is 84.5 Å². The SMILES string of the molecule is Cn1ccc(-c2cc(C(=O)Nc3c(-c4ccccc4)nc4cc(C(=O)N5CCC5)ccn34)ccc2C(F)(F)F)n1. The first-order valence-electron chi connectivity index (χ1n) is 12.6. The minimum atomic E-state index is -4.63. The molecule has 5 aromatic rings. The zero-order valence-corrected chi connectivity index (χ0v) is 21.3. The fourth-order valence-corrected chi connectivity index (χ4v) is 4.68. The lowest BCUT2D eigenvalue weighted by molar-refractivity contribution is -0.137. The molecule has 0 spiro atoms. The summed E-state index contributed by atoms with van der Waals surface area (Å²) in [6.45, 7) is 1.42. The largest absolute Gasteiger partial charge is 0.417 e. The molecule has 1 saturated heterocycles. The van der Waals surface area contributed by atoms with Gasteiger partial charge in [-0.1, -0.05) is 30.3 Å². The number of nitrogens with zero attached hydrogens (tertiary/aromatic N) is 5. The molecule has 0 radical (unpaired) electrons. The van der Waals surface area contributed by atoms with Crippen molar-refractivity contribution in [2.75, 3.05) is 18.4 Å². The number of fused-ring (bicyclic) bond motifs is 1. The molecule has 0 unspecified atom stereocenters. The number of hydrogen-bond acceptors (Lipinski definition) is 4. The Morgan fingerprint density at radius 3 is 2.35 bits per heavy atom. The lowest BCUT2D eigenvalue weighted by Crippen LogP contribution is -2.42. The predicted octanol–water partition coefficient (Wildman–Crippen LogP) is 5.52. The van der Waals surface area contributed by atoms with Crippen LogP contribution in [0.4, 0.5) is 19.0 Å². The summed E-state index contributed by atoms with van der Waals surface area (Å²) in [5, 5.41) is 6.95. The molecule has 40 heavy (non-hydrogen) atoms.